The number of benzene rings is 3. The number of Topliss-reactive ketones (excluding diaryl/α,β-unsaturated/α-hetero) is 2. The van der Waals surface area contributed by atoms with Gasteiger partial charge >= 0.3 is 0 Å². The van der Waals surface area contributed by atoms with Crippen LogP contribution < -0.4 is 31.3 Å². The summed E-state index contributed by atoms with van der Waals surface area (Å²) in [5.41, 5.74) is 10.6. The van der Waals surface area contributed by atoms with E-state index in [0.717, 1.165) is 43.1 Å². The van der Waals surface area contributed by atoms with Crippen molar-refractivity contribution in [1.82, 2.24) is 15.0 Å². The van der Waals surface area contributed by atoms with Gasteiger partial charge in [-0.2, -0.15) is 0 Å². The summed E-state index contributed by atoms with van der Waals surface area (Å²) < 4.78 is 0. The highest BCUT2D eigenvalue weighted by atomic mass is 32.1. The zero-order chi connectivity index (χ0) is 33.2. The molecule has 0 bridgehead atoms. The molecular weight excluding hydrogens is 623 g/mol. The molecular formula is C37H31N7O3S. The summed E-state index contributed by atoms with van der Waals surface area (Å²) in [5.74, 6) is -0.172. The Morgan fingerprint density at radius 1 is 1.00 bits per heavy atom. The molecule has 2 aliphatic carbocycles. The van der Waals surface area contributed by atoms with Gasteiger partial charge in [0.2, 0.25) is 5.91 Å². The van der Waals surface area contributed by atoms with Crippen LogP contribution >= 0.6 is 11.3 Å². The molecule has 48 heavy (non-hydrogen) atoms. The summed E-state index contributed by atoms with van der Waals surface area (Å²) in [4.78, 5) is 58.9. The zero-order valence-corrected chi connectivity index (χ0v) is 27.1. The number of aromatic nitrogens is 3. The van der Waals surface area contributed by atoms with Crippen LogP contribution in [0.5, 0.6) is 0 Å². The molecule has 3 aromatic carbocycles. The standard InChI is InChI=1S/C37H31N7O3S/c1-21-13-28-27-14-31(45)26-6-4-3-5-24(26)25(27)11-12-29(28)37(2,34(21)47)44-20-43(30-16-39-19-41-35(30)44)18-33(46)42-36-40-17-32(48-36)23-9-7-22(15-38)8-10-23/h3-14,16-17,19,21H,15,18,20,38H2,1-2H3,(H,40,42,46). The van der Waals surface area contributed by atoms with Gasteiger partial charge in [-0.25, -0.2) is 15.0 Å². The Kier molecular flexibility index (Phi) is 7.04. The predicted molar refractivity (Wildman–Crippen MR) is 187 cm³/mol. The highest BCUT2D eigenvalue weighted by Gasteiger charge is 2.50. The second kappa shape index (κ2) is 11.3. The fraction of sp³-hybridized carbons (Fsp3) is 0.189. The van der Waals surface area contributed by atoms with Crippen LogP contribution in [0.25, 0.3) is 33.7 Å². The Labute approximate surface area is 280 Å². The van der Waals surface area contributed by atoms with E-state index in [0.29, 0.717) is 28.7 Å². The molecule has 0 saturated heterocycles. The summed E-state index contributed by atoms with van der Waals surface area (Å²) >= 11 is 1.39. The first-order valence-corrected chi connectivity index (χ1v) is 16.5. The fourth-order valence-electron chi connectivity index (χ4n) is 7.10. The molecule has 1 aliphatic heterocycles. The number of amides is 1. The van der Waals surface area contributed by atoms with Crippen molar-refractivity contribution >= 4 is 57.6 Å². The van der Waals surface area contributed by atoms with E-state index in [1.54, 1.807) is 18.5 Å². The van der Waals surface area contributed by atoms with Crippen LogP contribution in [0.4, 0.5) is 16.6 Å². The topological polar surface area (TPSA) is 134 Å². The molecule has 2 atom stereocenters. The summed E-state index contributed by atoms with van der Waals surface area (Å²) in [7, 11) is 0. The molecule has 8 rings (SSSR count). The smallest absolute Gasteiger partial charge is 0.245 e. The Morgan fingerprint density at radius 3 is 2.58 bits per heavy atom. The zero-order valence-electron chi connectivity index (χ0n) is 26.3. The maximum Gasteiger partial charge on any atom is 0.245 e. The maximum absolute atomic E-state index is 14.3. The lowest BCUT2D eigenvalue weighted by Gasteiger charge is -2.42. The van der Waals surface area contributed by atoms with Gasteiger partial charge in [-0.05, 0) is 51.3 Å². The second-order valence-electron chi connectivity index (χ2n) is 12.4. The first-order chi connectivity index (χ1) is 23.3. The predicted octanol–water partition coefficient (Wildman–Crippen LogP) is 3.84. The minimum absolute atomic E-state index is 0.000951. The van der Waals surface area contributed by atoms with E-state index in [4.69, 9.17) is 5.73 Å². The quantitative estimate of drug-likeness (QED) is 0.280. The summed E-state index contributed by atoms with van der Waals surface area (Å²) in [5, 5.41) is 5.11. The molecule has 0 fully saturated rings. The normalized spacial score (nSPS) is 19.1. The number of rotatable bonds is 6. The van der Waals surface area contributed by atoms with Gasteiger partial charge in [-0.1, -0.05) is 85.0 Å². The van der Waals surface area contributed by atoms with Crippen molar-refractivity contribution < 1.29 is 14.4 Å². The van der Waals surface area contributed by atoms with E-state index < -0.39 is 11.5 Å². The SMILES string of the molecule is CC1C=c2c(ccc3c2=CC(=O)c2ccccc2-3)C(C)(N2CN(CC(=O)Nc3ncc(-c4ccc(CN)cc4)s3)c3cncnc32)C1=O. The molecule has 11 heteroatoms. The Balaban J connectivity index is 1.11. The number of anilines is 3. The number of carbonyl (C=O) groups excluding carboxylic acids is 3. The van der Waals surface area contributed by atoms with Crippen molar-refractivity contribution in [2.75, 3.05) is 28.3 Å². The third kappa shape index (κ3) is 4.65. The molecule has 3 aliphatic rings. The number of ketones is 2. The Hall–Kier alpha value is -5.52. The minimum atomic E-state index is -1.13. The lowest BCUT2D eigenvalue weighted by atomic mass is 9.73. The molecule has 10 nitrogen and oxygen atoms in total. The third-order valence-electron chi connectivity index (χ3n) is 9.56. The van der Waals surface area contributed by atoms with Crippen LogP contribution in [0.2, 0.25) is 0 Å². The summed E-state index contributed by atoms with van der Waals surface area (Å²) in [6.45, 7) is 4.50. The van der Waals surface area contributed by atoms with E-state index in [9.17, 15) is 14.4 Å². The van der Waals surface area contributed by atoms with Crippen molar-refractivity contribution in [1.29, 1.82) is 0 Å². The van der Waals surface area contributed by atoms with Crippen molar-refractivity contribution in [3.63, 3.8) is 0 Å². The van der Waals surface area contributed by atoms with E-state index in [1.165, 1.54) is 17.7 Å². The van der Waals surface area contributed by atoms with Gasteiger partial charge in [0.15, 0.2) is 22.5 Å². The van der Waals surface area contributed by atoms with Crippen LogP contribution in [0, 0.1) is 5.92 Å². The molecule has 0 saturated carbocycles. The largest absolute Gasteiger partial charge is 0.340 e. The second-order valence-corrected chi connectivity index (χ2v) is 13.4. The van der Waals surface area contributed by atoms with E-state index in [-0.39, 0.29) is 30.7 Å². The third-order valence-corrected chi connectivity index (χ3v) is 10.5. The monoisotopic (exact) mass is 653 g/mol. The van der Waals surface area contributed by atoms with Crippen LogP contribution in [-0.4, -0.2) is 45.6 Å². The highest BCUT2D eigenvalue weighted by molar-refractivity contribution is 7.19. The average Bonchev–Trinajstić information content (AvgIpc) is 3.72. The van der Waals surface area contributed by atoms with Gasteiger partial charge in [0.1, 0.15) is 17.6 Å². The molecule has 238 valence electrons. The molecule has 3 N–H and O–H groups in total. The fourth-order valence-corrected chi connectivity index (χ4v) is 7.94. The highest BCUT2D eigenvalue weighted by Crippen LogP contribution is 2.44. The first-order valence-electron chi connectivity index (χ1n) is 15.7. The maximum atomic E-state index is 14.3. The van der Waals surface area contributed by atoms with Gasteiger partial charge in [-0.3, -0.25) is 14.4 Å². The number of nitrogens with zero attached hydrogens (tertiary/aromatic N) is 5. The molecule has 5 aromatic rings. The number of hydrogen-bond donors (Lipinski definition) is 2. The van der Waals surface area contributed by atoms with E-state index in [2.05, 4.69) is 20.3 Å². The molecule has 0 spiro atoms. The van der Waals surface area contributed by atoms with Gasteiger partial charge < -0.3 is 20.9 Å². The molecule has 3 heterocycles. The summed E-state index contributed by atoms with van der Waals surface area (Å²) in [6.07, 6.45) is 8.52. The van der Waals surface area contributed by atoms with Crippen LogP contribution in [-0.2, 0) is 21.7 Å². The lowest BCUT2D eigenvalue weighted by Crippen LogP contribution is -2.59. The Bertz CT molecular complexity index is 2280. The van der Waals surface area contributed by atoms with Crippen LogP contribution in [0.3, 0.4) is 0 Å². The van der Waals surface area contributed by atoms with Gasteiger partial charge in [0, 0.05) is 24.2 Å². The number of hydrogen-bond acceptors (Lipinski definition) is 10. The minimum Gasteiger partial charge on any atom is -0.340 e. The number of fused-ring (bicyclic) bond motifs is 6. The lowest BCUT2D eigenvalue weighted by molar-refractivity contribution is -0.126. The summed E-state index contributed by atoms with van der Waals surface area (Å²) in [6, 6.07) is 19.5. The van der Waals surface area contributed by atoms with Crippen molar-refractivity contribution in [2.45, 2.75) is 25.9 Å². The number of thiazole rings is 1. The van der Waals surface area contributed by atoms with Gasteiger partial charge in [0.05, 0.1) is 24.3 Å². The van der Waals surface area contributed by atoms with Crippen molar-refractivity contribution in [2.24, 2.45) is 11.7 Å². The number of carbonyl (C=O) groups is 3. The molecule has 2 aromatic heterocycles. The molecule has 0 radical (unpaired) electrons. The van der Waals surface area contributed by atoms with E-state index >= 15 is 0 Å². The Morgan fingerprint density at radius 2 is 1.79 bits per heavy atom. The van der Waals surface area contributed by atoms with Crippen LogP contribution in [0.1, 0.15) is 35.3 Å². The van der Waals surface area contributed by atoms with Gasteiger partial charge in [-0.15, -0.1) is 0 Å². The van der Waals surface area contributed by atoms with Crippen molar-refractivity contribution in [3.8, 4) is 21.6 Å². The number of nitrogens with two attached hydrogens (primary N) is 1. The van der Waals surface area contributed by atoms with E-state index in [1.807, 2.05) is 90.4 Å². The van der Waals surface area contributed by atoms with Crippen molar-refractivity contribution in [3.05, 3.63) is 107 Å². The van der Waals surface area contributed by atoms with Crippen LogP contribution in [0.15, 0.2) is 79.4 Å². The molecule has 2 unspecified atom stereocenters. The average molecular weight is 654 g/mol. The van der Waals surface area contributed by atoms with Gasteiger partial charge in [0.25, 0.3) is 0 Å². The molecule has 1 amide bonds. The number of nitrogens with one attached hydrogen (secondary N) is 1. The first kappa shape index (κ1) is 29.9.